The minimum Gasteiger partial charge on any atom is -0.434 e. The van der Waals surface area contributed by atoms with E-state index in [-0.39, 0.29) is 72.7 Å². The zero-order chi connectivity index (χ0) is 21.4. The summed E-state index contributed by atoms with van der Waals surface area (Å²) >= 11 is 0. The number of ether oxygens (including phenoxy) is 1. The third kappa shape index (κ3) is 8.98. The Morgan fingerprint density at radius 3 is 2.67 bits per heavy atom. The monoisotopic (exact) mass is 560 g/mol. The number of nitrogens with zero attached hydrogens (tertiary/aromatic N) is 1. The lowest BCUT2D eigenvalue weighted by atomic mass is 10.1. The van der Waals surface area contributed by atoms with Crippen LogP contribution >= 0.6 is 24.0 Å². The molecule has 3 N–H and O–H groups in total. The lowest BCUT2D eigenvalue weighted by Gasteiger charge is -2.15. The lowest BCUT2D eigenvalue weighted by Crippen LogP contribution is -2.41. The van der Waals surface area contributed by atoms with Gasteiger partial charge in [0.1, 0.15) is 5.75 Å². The highest BCUT2D eigenvalue weighted by Crippen LogP contribution is 2.22. The topological polar surface area (TPSA) is 109 Å². The van der Waals surface area contributed by atoms with Gasteiger partial charge in [0.05, 0.1) is 11.5 Å². The van der Waals surface area contributed by atoms with Crippen molar-refractivity contribution in [3.63, 3.8) is 0 Å². The molecular weight excluding hydrogens is 533 g/mol. The van der Waals surface area contributed by atoms with E-state index in [1.807, 2.05) is 6.92 Å². The van der Waals surface area contributed by atoms with Crippen LogP contribution in [-0.2, 0) is 21.2 Å². The van der Waals surface area contributed by atoms with Crippen molar-refractivity contribution in [2.45, 2.75) is 39.0 Å². The molecule has 0 spiro atoms. The average Bonchev–Trinajstić information content (AvgIpc) is 2.97. The number of guanidine groups is 1. The molecule has 1 unspecified atom stereocenters. The van der Waals surface area contributed by atoms with E-state index in [4.69, 9.17) is 0 Å². The van der Waals surface area contributed by atoms with Gasteiger partial charge in [0.25, 0.3) is 0 Å². The van der Waals surface area contributed by atoms with Crippen molar-refractivity contribution in [2.24, 2.45) is 4.99 Å². The zero-order valence-corrected chi connectivity index (χ0v) is 19.9. The van der Waals surface area contributed by atoms with Crippen LogP contribution in [0.1, 0.15) is 24.0 Å². The van der Waals surface area contributed by atoms with Crippen LogP contribution in [0.4, 0.5) is 8.78 Å². The summed E-state index contributed by atoms with van der Waals surface area (Å²) in [6, 6.07) is 4.57. The molecule has 170 valence electrons. The van der Waals surface area contributed by atoms with Gasteiger partial charge >= 0.3 is 6.61 Å². The highest BCUT2D eigenvalue weighted by atomic mass is 127. The van der Waals surface area contributed by atoms with Crippen molar-refractivity contribution < 1.29 is 26.7 Å². The third-order valence-electron chi connectivity index (χ3n) is 4.34. The first-order valence-corrected chi connectivity index (χ1v) is 11.0. The molecule has 1 aromatic carbocycles. The van der Waals surface area contributed by atoms with Crippen LogP contribution in [0.5, 0.6) is 5.75 Å². The molecule has 30 heavy (non-hydrogen) atoms. The molecule has 1 aromatic rings. The molecule has 8 nitrogen and oxygen atoms in total. The van der Waals surface area contributed by atoms with Gasteiger partial charge in [-0.3, -0.25) is 9.79 Å². The van der Waals surface area contributed by atoms with Gasteiger partial charge in [-0.15, -0.1) is 24.0 Å². The summed E-state index contributed by atoms with van der Waals surface area (Å²) in [6.07, 6.45) is 0.575. The number of carbonyl (C=O) groups excluding carboxylic acids is 1. The number of rotatable bonds is 8. The standard InChI is InChI=1S/C18H26F2N4O4S.HI/c1-12-3-4-15(28-17(19)20)13(9-12)10-23-18(21-2)22-7-5-16(25)24-14-6-8-29(26,27)11-14;/h3-4,9,14,17H,5-8,10-11H2,1-2H3,(H,24,25)(H2,21,22,23);1H. The fraction of sp³-hybridized carbons (Fsp3) is 0.556. The average molecular weight is 560 g/mol. The first-order valence-electron chi connectivity index (χ1n) is 9.17. The third-order valence-corrected chi connectivity index (χ3v) is 6.11. The number of sulfone groups is 1. The minimum absolute atomic E-state index is 0. The highest BCUT2D eigenvalue weighted by Gasteiger charge is 2.28. The van der Waals surface area contributed by atoms with Crippen molar-refractivity contribution in [1.29, 1.82) is 0 Å². The summed E-state index contributed by atoms with van der Waals surface area (Å²) in [7, 11) is -1.50. The molecule has 0 radical (unpaired) electrons. The normalized spacial score (nSPS) is 17.9. The Morgan fingerprint density at radius 1 is 1.33 bits per heavy atom. The summed E-state index contributed by atoms with van der Waals surface area (Å²) < 4.78 is 52.5. The second kappa shape index (κ2) is 12.2. The molecule has 1 atom stereocenters. The van der Waals surface area contributed by atoms with E-state index in [1.165, 1.54) is 6.07 Å². The molecule has 2 rings (SSSR count). The number of carbonyl (C=O) groups is 1. The van der Waals surface area contributed by atoms with Gasteiger partial charge in [0.2, 0.25) is 5.91 Å². The fourth-order valence-corrected chi connectivity index (χ4v) is 4.63. The Morgan fingerprint density at radius 2 is 2.07 bits per heavy atom. The summed E-state index contributed by atoms with van der Waals surface area (Å²) in [6.45, 7) is -0.590. The van der Waals surface area contributed by atoms with Crippen LogP contribution in [0.3, 0.4) is 0 Å². The number of aryl methyl sites for hydroxylation is 1. The fourth-order valence-electron chi connectivity index (χ4n) is 2.96. The first kappa shape index (κ1) is 26.3. The molecule has 0 aliphatic carbocycles. The summed E-state index contributed by atoms with van der Waals surface area (Å²) in [5, 5.41) is 8.65. The molecule has 1 heterocycles. The molecule has 0 bridgehead atoms. The molecule has 0 aromatic heterocycles. The van der Waals surface area contributed by atoms with Crippen LogP contribution in [0.15, 0.2) is 23.2 Å². The molecule has 1 aliphatic heterocycles. The smallest absolute Gasteiger partial charge is 0.387 e. The lowest BCUT2D eigenvalue weighted by molar-refractivity contribution is -0.121. The maximum atomic E-state index is 12.5. The number of hydrogen-bond acceptors (Lipinski definition) is 5. The van der Waals surface area contributed by atoms with Crippen molar-refractivity contribution >= 4 is 45.7 Å². The molecule has 1 amide bonds. The Hall–Kier alpha value is -1.70. The number of nitrogens with one attached hydrogen (secondary N) is 3. The van der Waals surface area contributed by atoms with E-state index in [2.05, 4.69) is 25.7 Å². The van der Waals surface area contributed by atoms with E-state index in [0.29, 0.717) is 17.9 Å². The first-order chi connectivity index (χ1) is 13.7. The van der Waals surface area contributed by atoms with E-state index in [1.54, 1.807) is 19.2 Å². The van der Waals surface area contributed by atoms with Gasteiger partial charge in [0, 0.05) is 38.2 Å². The maximum Gasteiger partial charge on any atom is 0.387 e. The van der Waals surface area contributed by atoms with Crippen molar-refractivity contribution in [3.05, 3.63) is 29.3 Å². The predicted octanol–water partition coefficient (Wildman–Crippen LogP) is 1.57. The Balaban J connectivity index is 0.00000450. The molecule has 1 saturated heterocycles. The van der Waals surface area contributed by atoms with Crippen molar-refractivity contribution in [2.75, 3.05) is 25.1 Å². The van der Waals surface area contributed by atoms with Gasteiger partial charge in [-0.25, -0.2) is 8.42 Å². The van der Waals surface area contributed by atoms with E-state index in [0.717, 1.165) is 5.56 Å². The van der Waals surface area contributed by atoms with Crippen LogP contribution in [0, 0.1) is 6.92 Å². The quantitative estimate of drug-likeness (QED) is 0.253. The SMILES string of the molecule is CN=C(NCCC(=O)NC1CCS(=O)(=O)C1)NCc1cc(C)ccc1OC(F)F.I. The Kier molecular flexibility index (Phi) is 10.7. The largest absolute Gasteiger partial charge is 0.434 e. The molecule has 1 fully saturated rings. The summed E-state index contributed by atoms with van der Waals surface area (Å²) in [5.41, 5.74) is 1.45. The van der Waals surface area contributed by atoms with Gasteiger partial charge in [-0.1, -0.05) is 17.7 Å². The predicted molar refractivity (Wildman–Crippen MR) is 121 cm³/mol. The van der Waals surface area contributed by atoms with Crippen LogP contribution < -0.4 is 20.7 Å². The number of hydrogen-bond donors (Lipinski definition) is 3. The Labute approximate surface area is 192 Å². The molecule has 12 heteroatoms. The van der Waals surface area contributed by atoms with E-state index < -0.39 is 16.4 Å². The second-order valence-electron chi connectivity index (χ2n) is 6.76. The number of halogens is 3. The number of benzene rings is 1. The van der Waals surface area contributed by atoms with E-state index in [9.17, 15) is 22.0 Å². The van der Waals surface area contributed by atoms with Crippen molar-refractivity contribution in [3.8, 4) is 5.75 Å². The highest BCUT2D eigenvalue weighted by molar-refractivity contribution is 14.0. The van der Waals surface area contributed by atoms with Crippen LogP contribution in [0.2, 0.25) is 0 Å². The molecule has 0 saturated carbocycles. The summed E-state index contributed by atoms with van der Waals surface area (Å²) in [5.74, 6) is 0.310. The van der Waals surface area contributed by atoms with Gasteiger partial charge in [-0.05, 0) is 19.4 Å². The Bertz CT molecular complexity index is 853. The van der Waals surface area contributed by atoms with Gasteiger partial charge in [-0.2, -0.15) is 8.78 Å². The second-order valence-corrected chi connectivity index (χ2v) is 8.99. The summed E-state index contributed by atoms with van der Waals surface area (Å²) in [4.78, 5) is 16.0. The maximum absolute atomic E-state index is 12.5. The molecule has 1 aliphatic rings. The van der Waals surface area contributed by atoms with Gasteiger partial charge < -0.3 is 20.7 Å². The number of amides is 1. The van der Waals surface area contributed by atoms with Crippen LogP contribution in [0.25, 0.3) is 0 Å². The molecular formula is C18H27F2IN4O4S. The van der Waals surface area contributed by atoms with Crippen LogP contribution in [-0.4, -0.2) is 58.0 Å². The zero-order valence-electron chi connectivity index (χ0n) is 16.8. The van der Waals surface area contributed by atoms with Crippen molar-refractivity contribution in [1.82, 2.24) is 16.0 Å². The number of aliphatic imine (C=N–C) groups is 1. The van der Waals surface area contributed by atoms with Gasteiger partial charge in [0.15, 0.2) is 15.8 Å². The minimum atomic E-state index is -3.04. The van der Waals surface area contributed by atoms with E-state index >= 15 is 0 Å². The number of alkyl halides is 2.